The van der Waals surface area contributed by atoms with Gasteiger partial charge in [-0.05, 0) is 244 Å². The molecule has 6 unspecified atom stereocenters. The number of nitrogens with zero attached hydrogens (tertiary/aromatic N) is 25. The number of aliphatic imine (C=N–C) groups is 5. The average molecular weight is 2070 g/mol. The highest BCUT2D eigenvalue weighted by atomic mass is 35.5. The fourth-order valence-electron chi connectivity index (χ4n) is 18.2. The van der Waals surface area contributed by atoms with Gasteiger partial charge in [0, 0.05) is 84.0 Å². The molecule has 5 aromatic carbocycles. The summed E-state index contributed by atoms with van der Waals surface area (Å²) in [6.45, 7) is 37.4. The molecule has 718 valence electrons. The molecule has 2 saturated carbocycles. The molecule has 0 radical (unpaired) electrons. The fraction of sp³-hybridized carbons (Fsp3) is 0.340. The quantitative estimate of drug-likeness (QED) is 0.0740. The lowest BCUT2D eigenvalue weighted by Gasteiger charge is -2.23. The molecule has 140 heavy (non-hydrogen) atoms. The first-order valence-corrected chi connectivity index (χ1v) is 51.1. The van der Waals surface area contributed by atoms with Crippen LogP contribution in [0.1, 0.15) is 222 Å². The van der Waals surface area contributed by atoms with Crippen LogP contribution in [-0.2, 0) is 46.9 Å². The van der Waals surface area contributed by atoms with E-state index in [1.807, 2.05) is 250 Å². The van der Waals surface area contributed by atoms with Crippen molar-refractivity contribution in [1.29, 1.82) is 0 Å². The number of halogens is 5. The second-order valence-corrected chi connectivity index (χ2v) is 42.2. The molecule has 2 spiro atoms. The summed E-state index contributed by atoms with van der Waals surface area (Å²) in [6, 6.07) is 38.1. The largest absolute Gasteiger partial charge is 0.356 e. The molecule has 6 atom stereocenters. The van der Waals surface area contributed by atoms with Gasteiger partial charge in [-0.1, -0.05) is 119 Å². The standard InChI is InChI=1S/2C20H19ClN6OS.2C20H21ClN6OS.C17H16ClN5S/c1-4-22-17(28)14-9-20(14)19-26-25-10(2)27(19)18-16(23-11(3)29-18)15(24-20)12-5-7-13(21)8-6-12;1-4-22-17(28)14-9-20(14)19-25-24-11(3)27(19)18-15(10(2)26-29-18)16(23-20)12-5-7-13(21)8-6-12;1-5-22-15(28)10-20(4)19-25-24-12(3)27(19)18-16(11(2)29-26-18)17(23-20)13-6-8-14(21)9-7-13;1-5-22-15(28)10-20(4)19-25-24-12(3)27(19)18-16(11(2)26-29-18)17(23-20)13-6-8-14(21)9-7-13;1-9-13-14(11-5-7-12(18)8-6-11)19-17(3,4)16-21-20-10(2)23(16)15(13)24-22-9/h2*5-8,14H,4,9H2,1-3H3,(H,22,28);2*6-9H,5,10H2,1-4H3,(H,22,28);5-8H,1-4H3. The van der Waals surface area contributed by atoms with Gasteiger partial charge in [0.25, 0.3) is 0 Å². The molecule has 2 aliphatic carbocycles. The number of hydrogen-bond donors (Lipinski definition) is 4. The molecule has 10 aromatic heterocycles. The van der Waals surface area contributed by atoms with Crippen LogP contribution in [0.5, 0.6) is 0 Å². The molecule has 7 aliphatic rings. The molecule has 4 N–H and O–H groups in total. The maximum absolute atomic E-state index is 12.7. The Kier molecular flexibility index (Phi) is 27.0. The second kappa shape index (κ2) is 38.6. The number of aryl methyl sites for hydroxylation is 10. The molecule has 4 amide bonds. The predicted octanol–water partition coefficient (Wildman–Crippen LogP) is 17.6. The summed E-state index contributed by atoms with van der Waals surface area (Å²) in [6.07, 6.45) is 1.53. The van der Waals surface area contributed by atoms with Gasteiger partial charge in [-0.3, -0.25) is 67.0 Å². The summed E-state index contributed by atoms with van der Waals surface area (Å²) in [5, 5.41) is 63.2. The molecule has 15 heterocycles. The molecule has 2 fully saturated rings. The molecular weight excluding hydrogens is 1970 g/mol. The number of carbonyl (C=O) groups is 4. The van der Waals surface area contributed by atoms with Crippen molar-refractivity contribution in [3.05, 3.63) is 287 Å². The summed E-state index contributed by atoms with van der Waals surface area (Å²) >= 11 is 37.7. The maximum atomic E-state index is 12.7. The van der Waals surface area contributed by atoms with Crippen LogP contribution in [0.15, 0.2) is 146 Å². The number of rotatable bonds is 15. The van der Waals surface area contributed by atoms with E-state index in [2.05, 4.69) is 108 Å². The Labute approximate surface area is 851 Å². The second-order valence-electron chi connectivity index (χ2n) is 35.6. The fourth-order valence-corrected chi connectivity index (χ4v) is 23.3. The summed E-state index contributed by atoms with van der Waals surface area (Å²) in [5.41, 5.74) is 12.4. The molecule has 33 nitrogen and oxygen atoms in total. The van der Waals surface area contributed by atoms with Crippen LogP contribution in [0.2, 0.25) is 25.1 Å². The van der Waals surface area contributed by atoms with E-state index in [4.69, 9.17) is 88.0 Å². The van der Waals surface area contributed by atoms with E-state index < -0.39 is 27.7 Å². The topological polar surface area (TPSA) is 396 Å². The van der Waals surface area contributed by atoms with Crippen LogP contribution in [0.25, 0.3) is 25.8 Å². The number of thiazole rings is 1. The van der Waals surface area contributed by atoms with Crippen molar-refractivity contribution in [2.24, 2.45) is 36.8 Å². The van der Waals surface area contributed by atoms with Crippen molar-refractivity contribution in [3.63, 3.8) is 0 Å². The van der Waals surface area contributed by atoms with E-state index in [1.165, 1.54) is 46.1 Å². The lowest BCUT2D eigenvalue weighted by Crippen LogP contribution is -2.34. The van der Waals surface area contributed by atoms with Crippen molar-refractivity contribution in [1.82, 2.24) is 118 Å². The highest BCUT2D eigenvalue weighted by Crippen LogP contribution is 2.60. The lowest BCUT2D eigenvalue weighted by atomic mass is 9.95. The zero-order valence-corrected chi connectivity index (χ0v) is 87.5. The van der Waals surface area contributed by atoms with Gasteiger partial charge in [0.15, 0.2) is 34.9 Å². The highest BCUT2D eigenvalue weighted by molar-refractivity contribution is 7.14. The van der Waals surface area contributed by atoms with Crippen LogP contribution in [0, 0.1) is 81.1 Å². The Morgan fingerprint density at radius 1 is 0.350 bits per heavy atom. The third kappa shape index (κ3) is 18.0. The number of fused-ring (bicyclic) bond motifs is 17. The van der Waals surface area contributed by atoms with Crippen LogP contribution in [0.4, 0.5) is 0 Å². The number of aromatic nitrogens is 20. The average Bonchev–Trinajstić information content (AvgIpc) is 1.53. The van der Waals surface area contributed by atoms with Gasteiger partial charge >= 0.3 is 0 Å². The summed E-state index contributed by atoms with van der Waals surface area (Å²) in [5.74, 6) is 7.33. The van der Waals surface area contributed by atoms with Crippen molar-refractivity contribution in [2.45, 2.75) is 178 Å². The number of carbonyl (C=O) groups excluding carboxylic acids is 4. The molecule has 0 bridgehead atoms. The van der Waals surface area contributed by atoms with E-state index in [9.17, 15) is 19.2 Å². The van der Waals surface area contributed by atoms with Gasteiger partial charge in [-0.2, -0.15) is 17.5 Å². The number of nitrogens with one attached hydrogen (secondary N) is 4. The Balaban J connectivity index is 0.000000116. The Morgan fingerprint density at radius 3 is 1.04 bits per heavy atom. The van der Waals surface area contributed by atoms with Crippen LogP contribution >= 0.6 is 115 Å². The first-order valence-electron chi connectivity index (χ1n) is 45.3. The highest BCUT2D eigenvalue weighted by Gasteiger charge is 2.66. The number of hydrogen-bond acceptors (Lipinski definition) is 29. The third-order valence-electron chi connectivity index (χ3n) is 25.0. The van der Waals surface area contributed by atoms with E-state index in [-0.39, 0.29) is 48.3 Å². The monoisotopic (exact) mass is 2070 g/mol. The molecular formula is C97H96Cl5N29O4S5. The predicted molar refractivity (Wildman–Crippen MR) is 549 cm³/mol. The van der Waals surface area contributed by atoms with Crippen molar-refractivity contribution in [2.75, 3.05) is 26.2 Å². The van der Waals surface area contributed by atoms with Crippen LogP contribution < -0.4 is 21.3 Å². The first-order chi connectivity index (χ1) is 67.0. The SMILES string of the molecule is CCNC(=O)C1CC12N=C(c1ccc(Cl)cc1)c1c(C)nsc1-n1c(C)nnc12.CCNC(=O)C1CC12N=C(c1ccc(Cl)cc1)c1nc(C)sc1-n1c(C)nnc12.CCNC(=O)CC1(C)N=C(c2ccc(Cl)cc2)c2c(C)nsc2-n2c(C)nnc21.CCNC(=O)CC1(C)N=C(c2ccc(Cl)cc2)c2c(nsc2C)-n2c(C)nnc21.Cc1nsc2c1C(c1ccc(Cl)cc1)=NC(C)(C)c1nnc(C)n1-2. The van der Waals surface area contributed by atoms with Crippen LogP contribution in [0.3, 0.4) is 0 Å². The van der Waals surface area contributed by atoms with E-state index in [1.54, 1.807) is 11.3 Å². The van der Waals surface area contributed by atoms with Gasteiger partial charge < -0.3 is 21.3 Å². The molecule has 15 aromatic rings. The smallest absolute Gasteiger partial charge is 0.226 e. The van der Waals surface area contributed by atoms with Crippen molar-refractivity contribution < 1.29 is 19.2 Å². The van der Waals surface area contributed by atoms with Gasteiger partial charge in [-0.15, -0.1) is 62.3 Å². The van der Waals surface area contributed by atoms with Gasteiger partial charge in [0.2, 0.25) is 23.6 Å². The molecule has 43 heteroatoms. The number of amides is 4. The zero-order valence-electron chi connectivity index (χ0n) is 79.6. The van der Waals surface area contributed by atoms with Crippen molar-refractivity contribution in [3.8, 4) is 25.8 Å². The van der Waals surface area contributed by atoms with E-state index >= 15 is 0 Å². The summed E-state index contributed by atoms with van der Waals surface area (Å²) in [4.78, 5) is 81.9. The summed E-state index contributed by atoms with van der Waals surface area (Å²) < 4.78 is 28.4. The Hall–Kier alpha value is -12.4. The molecule has 5 aliphatic heterocycles. The lowest BCUT2D eigenvalue weighted by molar-refractivity contribution is -0.123. The minimum Gasteiger partial charge on any atom is -0.356 e. The molecule has 22 rings (SSSR count). The van der Waals surface area contributed by atoms with Gasteiger partial charge in [0.1, 0.15) is 82.5 Å². The minimum absolute atomic E-state index is 0.000916. The third-order valence-corrected chi connectivity index (χ3v) is 30.7. The first kappa shape index (κ1) is 97.8. The molecule has 0 saturated heterocycles. The van der Waals surface area contributed by atoms with E-state index in [0.717, 1.165) is 166 Å². The van der Waals surface area contributed by atoms with Gasteiger partial charge in [0.05, 0.1) is 97.6 Å². The number of benzene rings is 5. The zero-order chi connectivity index (χ0) is 99.2. The van der Waals surface area contributed by atoms with Crippen molar-refractivity contribution >= 4 is 168 Å². The normalized spacial score (nSPS) is 19.1. The van der Waals surface area contributed by atoms with E-state index in [0.29, 0.717) is 93.3 Å². The van der Waals surface area contributed by atoms with Gasteiger partial charge in [-0.25, -0.2) is 4.98 Å². The Morgan fingerprint density at radius 2 is 0.657 bits per heavy atom. The minimum atomic E-state index is -0.902. The summed E-state index contributed by atoms with van der Waals surface area (Å²) in [7, 11) is 0. The Bertz CT molecular complexity index is 7130. The maximum Gasteiger partial charge on any atom is 0.226 e. The van der Waals surface area contributed by atoms with Crippen LogP contribution in [-0.4, -0.2) is 175 Å².